The number of halogens is 1. The summed E-state index contributed by atoms with van der Waals surface area (Å²) in [5.41, 5.74) is 0.721. The van der Waals surface area contributed by atoms with Crippen LogP contribution in [0.4, 0.5) is 4.39 Å². The highest BCUT2D eigenvalue weighted by Crippen LogP contribution is 2.17. The van der Waals surface area contributed by atoms with Crippen molar-refractivity contribution < 1.29 is 4.39 Å². The normalized spacial score (nSPS) is 12.6. The maximum Gasteiger partial charge on any atom is 0.127 e. The van der Waals surface area contributed by atoms with Gasteiger partial charge in [0.15, 0.2) is 0 Å². The lowest BCUT2D eigenvalue weighted by Gasteiger charge is -2.14. The highest BCUT2D eigenvalue weighted by molar-refractivity contribution is 7.09. The second kappa shape index (κ2) is 5.23. The zero-order valence-corrected chi connectivity index (χ0v) is 9.93. The largest absolute Gasteiger partial charge is 0.305 e. The van der Waals surface area contributed by atoms with Crippen molar-refractivity contribution >= 4 is 11.3 Å². The van der Waals surface area contributed by atoms with Gasteiger partial charge in [0, 0.05) is 23.0 Å². The van der Waals surface area contributed by atoms with E-state index in [0.717, 1.165) is 12.1 Å². The molecule has 16 heavy (non-hydrogen) atoms. The zero-order chi connectivity index (χ0) is 11.4. The maximum absolute atomic E-state index is 13.5. The molecule has 0 aliphatic rings. The third kappa shape index (κ3) is 2.68. The van der Waals surface area contributed by atoms with Gasteiger partial charge in [0.25, 0.3) is 0 Å². The van der Waals surface area contributed by atoms with E-state index in [1.165, 1.54) is 10.9 Å². The van der Waals surface area contributed by atoms with Gasteiger partial charge in [-0.1, -0.05) is 24.3 Å². The number of rotatable bonds is 4. The average molecular weight is 235 g/mol. The van der Waals surface area contributed by atoms with Crippen LogP contribution < -0.4 is 5.32 Å². The van der Waals surface area contributed by atoms with E-state index in [9.17, 15) is 4.39 Å². The minimum atomic E-state index is -0.145. The standard InChI is InChI=1S/C13H14FNS/c1-10(12-6-2-3-7-13(12)14)15-9-11-5-4-8-16-11/h2-8,10,15H,9H2,1H3/t10-/m1/s1. The van der Waals surface area contributed by atoms with E-state index in [0.29, 0.717) is 0 Å². The first-order chi connectivity index (χ1) is 7.77. The second-order valence-electron chi connectivity index (χ2n) is 3.70. The fraction of sp³-hybridized carbons (Fsp3) is 0.231. The van der Waals surface area contributed by atoms with Crippen LogP contribution in [0.5, 0.6) is 0 Å². The number of nitrogens with one attached hydrogen (secondary N) is 1. The highest BCUT2D eigenvalue weighted by atomic mass is 32.1. The monoisotopic (exact) mass is 235 g/mol. The number of benzene rings is 1. The molecule has 1 N–H and O–H groups in total. The van der Waals surface area contributed by atoms with Gasteiger partial charge in [0.1, 0.15) is 5.82 Å². The summed E-state index contributed by atoms with van der Waals surface area (Å²) in [4.78, 5) is 1.27. The van der Waals surface area contributed by atoms with Gasteiger partial charge in [-0.3, -0.25) is 0 Å². The Labute approximate surface area is 98.9 Å². The summed E-state index contributed by atoms with van der Waals surface area (Å²) in [5, 5.41) is 5.36. The van der Waals surface area contributed by atoms with Crippen molar-refractivity contribution in [2.24, 2.45) is 0 Å². The first kappa shape index (κ1) is 11.3. The molecule has 0 spiro atoms. The molecule has 0 fully saturated rings. The molecule has 2 rings (SSSR count). The Morgan fingerprint density at radius 1 is 1.25 bits per heavy atom. The van der Waals surface area contributed by atoms with E-state index in [4.69, 9.17) is 0 Å². The van der Waals surface area contributed by atoms with Gasteiger partial charge < -0.3 is 5.32 Å². The van der Waals surface area contributed by atoms with Crippen LogP contribution in [0.15, 0.2) is 41.8 Å². The van der Waals surface area contributed by atoms with Crippen LogP contribution in [0, 0.1) is 5.82 Å². The fourth-order valence-corrected chi connectivity index (χ4v) is 2.26. The lowest BCUT2D eigenvalue weighted by Crippen LogP contribution is -2.18. The SMILES string of the molecule is C[C@@H](NCc1cccs1)c1ccccc1F. The molecule has 84 valence electrons. The molecule has 2 aromatic rings. The Balaban J connectivity index is 1.98. The summed E-state index contributed by atoms with van der Waals surface area (Å²) in [5.74, 6) is -0.145. The molecule has 0 aliphatic carbocycles. The van der Waals surface area contributed by atoms with E-state index in [2.05, 4.69) is 11.4 Å². The number of thiophene rings is 1. The quantitative estimate of drug-likeness (QED) is 0.851. The Bertz CT molecular complexity index is 439. The molecule has 0 saturated heterocycles. The molecule has 1 aromatic carbocycles. The molecule has 1 nitrogen and oxygen atoms in total. The van der Waals surface area contributed by atoms with E-state index in [1.807, 2.05) is 30.5 Å². The molecule has 0 bridgehead atoms. The van der Waals surface area contributed by atoms with Gasteiger partial charge in [0.05, 0.1) is 0 Å². The predicted octanol–water partition coefficient (Wildman–Crippen LogP) is 3.74. The van der Waals surface area contributed by atoms with Gasteiger partial charge in [0.2, 0.25) is 0 Å². The summed E-state index contributed by atoms with van der Waals surface area (Å²) in [6.07, 6.45) is 0. The minimum Gasteiger partial charge on any atom is -0.305 e. The summed E-state index contributed by atoms with van der Waals surface area (Å²) in [7, 11) is 0. The fourth-order valence-electron chi connectivity index (χ4n) is 1.60. The topological polar surface area (TPSA) is 12.0 Å². The van der Waals surface area contributed by atoms with Gasteiger partial charge in [-0.15, -0.1) is 11.3 Å². The van der Waals surface area contributed by atoms with Gasteiger partial charge >= 0.3 is 0 Å². The second-order valence-corrected chi connectivity index (χ2v) is 4.74. The summed E-state index contributed by atoms with van der Waals surface area (Å²) in [6.45, 7) is 2.76. The molecule has 0 unspecified atom stereocenters. The Hall–Kier alpha value is -1.19. The first-order valence-electron chi connectivity index (χ1n) is 5.27. The molecule has 0 radical (unpaired) electrons. The molecule has 1 atom stereocenters. The molecule has 0 amide bonds. The molecule has 1 aromatic heterocycles. The van der Waals surface area contributed by atoms with Crippen molar-refractivity contribution in [1.82, 2.24) is 5.32 Å². The van der Waals surface area contributed by atoms with E-state index >= 15 is 0 Å². The smallest absolute Gasteiger partial charge is 0.127 e. The van der Waals surface area contributed by atoms with E-state index in [1.54, 1.807) is 17.4 Å². The van der Waals surface area contributed by atoms with Gasteiger partial charge in [-0.25, -0.2) is 4.39 Å². The van der Waals surface area contributed by atoms with Crippen LogP contribution in [-0.2, 0) is 6.54 Å². The summed E-state index contributed by atoms with van der Waals surface area (Å²) in [6, 6.07) is 11.0. The Kier molecular flexibility index (Phi) is 3.70. The highest BCUT2D eigenvalue weighted by Gasteiger charge is 2.09. The molecular weight excluding hydrogens is 221 g/mol. The van der Waals surface area contributed by atoms with Crippen molar-refractivity contribution in [3.8, 4) is 0 Å². The van der Waals surface area contributed by atoms with Crippen molar-refractivity contribution in [3.63, 3.8) is 0 Å². The van der Waals surface area contributed by atoms with Crippen LogP contribution in [0.25, 0.3) is 0 Å². The lowest BCUT2D eigenvalue weighted by molar-refractivity contribution is 0.530. The van der Waals surface area contributed by atoms with Crippen LogP contribution in [0.2, 0.25) is 0 Å². The van der Waals surface area contributed by atoms with Crippen LogP contribution >= 0.6 is 11.3 Å². The van der Waals surface area contributed by atoms with Crippen molar-refractivity contribution in [2.75, 3.05) is 0 Å². The Morgan fingerprint density at radius 3 is 2.75 bits per heavy atom. The van der Waals surface area contributed by atoms with Crippen LogP contribution in [0.1, 0.15) is 23.4 Å². The molecule has 0 saturated carbocycles. The van der Waals surface area contributed by atoms with Gasteiger partial charge in [-0.2, -0.15) is 0 Å². The minimum absolute atomic E-state index is 0.0308. The van der Waals surface area contributed by atoms with Crippen LogP contribution in [0.3, 0.4) is 0 Å². The molecular formula is C13H14FNS. The van der Waals surface area contributed by atoms with E-state index < -0.39 is 0 Å². The first-order valence-corrected chi connectivity index (χ1v) is 6.15. The summed E-state index contributed by atoms with van der Waals surface area (Å²) >= 11 is 1.71. The third-order valence-electron chi connectivity index (χ3n) is 2.53. The predicted molar refractivity (Wildman–Crippen MR) is 66.0 cm³/mol. The molecule has 3 heteroatoms. The Morgan fingerprint density at radius 2 is 2.06 bits per heavy atom. The van der Waals surface area contributed by atoms with Crippen molar-refractivity contribution in [3.05, 3.63) is 58.0 Å². The van der Waals surface area contributed by atoms with Crippen LogP contribution in [-0.4, -0.2) is 0 Å². The lowest BCUT2D eigenvalue weighted by atomic mass is 10.1. The maximum atomic E-state index is 13.5. The number of hydrogen-bond donors (Lipinski definition) is 1. The van der Waals surface area contributed by atoms with E-state index in [-0.39, 0.29) is 11.9 Å². The molecule has 1 heterocycles. The van der Waals surface area contributed by atoms with Crippen molar-refractivity contribution in [1.29, 1.82) is 0 Å². The zero-order valence-electron chi connectivity index (χ0n) is 9.11. The summed E-state index contributed by atoms with van der Waals surface area (Å²) < 4.78 is 13.5. The molecule has 0 aliphatic heterocycles. The number of hydrogen-bond acceptors (Lipinski definition) is 2. The van der Waals surface area contributed by atoms with Crippen molar-refractivity contribution in [2.45, 2.75) is 19.5 Å². The average Bonchev–Trinajstić information content (AvgIpc) is 2.79. The van der Waals surface area contributed by atoms with Gasteiger partial charge in [-0.05, 0) is 24.4 Å². The third-order valence-corrected chi connectivity index (χ3v) is 3.41.